The van der Waals surface area contributed by atoms with Crippen molar-refractivity contribution in [1.29, 1.82) is 0 Å². The summed E-state index contributed by atoms with van der Waals surface area (Å²) in [4.78, 5) is 5.14. The van der Waals surface area contributed by atoms with Crippen LogP contribution in [0.1, 0.15) is 25.7 Å². The third kappa shape index (κ3) is 8.60. The van der Waals surface area contributed by atoms with Crippen LogP contribution in [0.5, 0.6) is 0 Å². The van der Waals surface area contributed by atoms with Crippen molar-refractivity contribution in [2.45, 2.75) is 44.4 Å². The van der Waals surface area contributed by atoms with E-state index in [-0.39, 0.29) is 0 Å². The monoisotopic (exact) mass is 288 g/mol. The second-order valence-corrected chi connectivity index (χ2v) is 19.7. The summed E-state index contributed by atoms with van der Waals surface area (Å²) in [5, 5.41) is 0. The Balaban J connectivity index is 3.52. The van der Waals surface area contributed by atoms with Crippen LogP contribution in [0.25, 0.3) is 0 Å². The van der Waals surface area contributed by atoms with Crippen molar-refractivity contribution in [3.63, 3.8) is 0 Å². The molecule has 0 aliphatic heterocycles. The Labute approximate surface area is 88.0 Å². The van der Waals surface area contributed by atoms with Gasteiger partial charge in [-0.2, -0.15) is 0 Å². The molecule has 0 spiro atoms. The number of rotatable bonds is 8. The van der Waals surface area contributed by atoms with Gasteiger partial charge in [-0.25, -0.2) is 0 Å². The molecule has 0 atom stereocenters. The van der Waals surface area contributed by atoms with Gasteiger partial charge < -0.3 is 0 Å². The van der Waals surface area contributed by atoms with Crippen molar-refractivity contribution >= 4 is 18.4 Å². The van der Waals surface area contributed by atoms with Crippen LogP contribution in [0.4, 0.5) is 0 Å². The molecule has 1 heteroatoms. The van der Waals surface area contributed by atoms with E-state index in [1.807, 2.05) is 12.2 Å². The molecule has 0 saturated heterocycles. The molecular weight excluding hydrogens is 263 g/mol. The average Bonchev–Trinajstić information content (AvgIpc) is 2.05. The first kappa shape index (κ1) is 13.3. The molecule has 0 bridgehead atoms. The van der Waals surface area contributed by atoms with E-state index in [0.29, 0.717) is 0 Å². The summed E-state index contributed by atoms with van der Waals surface area (Å²) >= 11 is -1.58. The first-order valence-corrected chi connectivity index (χ1v) is 15.1. The van der Waals surface area contributed by atoms with Gasteiger partial charge in [0.1, 0.15) is 0 Å². The fraction of sp³-hybridized carbons (Fsp3) is 0.667. The molecule has 76 valence electrons. The minimum absolute atomic E-state index is 1.21. The van der Waals surface area contributed by atoms with Crippen LogP contribution in [0.3, 0.4) is 0 Å². The minimum atomic E-state index is -1.58. The molecule has 0 unspecified atom stereocenters. The van der Waals surface area contributed by atoms with Gasteiger partial charge in [0.15, 0.2) is 0 Å². The summed E-state index contributed by atoms with van der Waals surface area (Å²) < 4.78 is 3.05. The summed E-state index contributed by atoms with van der Waals surface area (Å²) in [6.07, 6.45) is 9.27. The van der Waals surface area contributed by atoms with Gasteiger partial charge in [-0.3, -0.25) is 0 Å². The average molecular weight is 287 g/mol. The summed E-state index contributed by atoms with van der Waals surface area (Å²) in [5.74, 6) is 0. The van der Waals surface area contributed by atoms with E-state index in [1.54, 1.807) is 0 Å². The summed E-state index contributed by atoms with van der Waals surface area (Å²) in [5.41, 5.74) is 0. The Morgan fingerprint density at radius 1 is 0.923 bits per heavy atom. The molecule has 13 heavy (non-hydrogen) atoms. The standard InChI is InChI=1S/2C5H9.2CH3.Sn/c2*1-3-5-4-2;;;/h2*3H,1-2,4-5H2;2*1H3;. The van der Waals surface area contributed by atoms with Gasteiger partial charge in [0.2, 0.25) is 0 Å². The quantitative estimate of drug-likeness (QED) is 0.347. The Kier molecular flexibility index (Phi) is 7.83. The number of unbranched alkanes of at least 4 members (excludes halogenated alkanes) is 2. The molecule has 0 aliphatic carbocycles. The van der Waals surface area contributed by atoms with Crippen molar-refractivity contribution in [2.75, 3.05) is 0 Å². The number of allylic oxidation sites excluding steroid dienone is 2. The summed E-state index contributed by atoms with van der Waals surface area (Å²) in [6.45, 7) is 7.53. The Hall–Kier alpha value is 0.279. The van der Waals surface area contributed by atoms with E-state index >= 15 is 0 Å². The second kappa shape index (κ2) is 7.66. The van der Waals surface area contributed by atoms with Crippen LogP contribution < -0.4 is 0 Å². The molecule has 0 N–H and O–H groups in total. The Morgan fingerprint density at radius 3 is 1.62 bits per heavy atom. The third-order valence-corrected chi connectivity index (χ3v) is 12.3. The van der Waals surface area contributed by atoms with Crippen molar-refractivity contribution < 1.29 is 0 Å². The Morgan fingerprint density at radius 2 is 1.31 bits per heavy atom. The molecule has 0 fully saturated rings. The molecule has 0 amide bonds. The van der Waals surface area contributed by atoms with Gasteiger partial charge in [0.05, 0.1) is 0 Å². The zero-order valence-electron chi connectivity index (χ0n) is 9.31. The molecule has 0 radical (unpaired) electrons. The van der Waals surface area contributed by atoms with E-state index in [9.17, 15) is 0 Å². The van der Waals surface area contributed by atoms with Crippen LogP contribution in [0.2, 0.25) is 18.8 Å². The maximum atomic E-state index is 3.77. The van der Waals surface area contributed by atoms with E-state index < -0.39 is 18.4 Å². The van der Waals surface area contributed by atoms with Crippen LogP contribution in [0, 0.1) is 0 Å². The van der Waals surface area contributed by atoms with Crippen molar-refractivity contribution in [2.24, 2.45) is 0 Å². The van der Waals surface area contributed by atoms with E-state index in [0.717, 1.165) is 0 Å². The molecule has 0 aliphatic rings. The summed E-state index contributed by atoms with van der Waals surface area (Å²) in [6, 6.07) is 0. The predicted octanol–water partition coefficient (Wildman–Crippen LogP) is 4.63. The number of hydrogen-bond acceptors (Lipinski definition) is 0. The molecule has 0 aromatic carbocycles. The second-order valence-electron chi connectivity index (χ2n) is 4.53. The van der Waals surface area contributed by atoms with Crippen LogP contribution in [-0.4, -0.2) is 18.4 Å². The molecule has 0 rings (SSSR count). The van der Waals surface area contributed by atoms with Gasteiger partial charge in [-0.15, -0.1) is 0 Å². The van der Waals surface area contributed by atoms with Gasteiger partial charge in [-0.1, -0.05) is 0 Å². The molecular formula is C12H24Sn. The van der Waals surface area contributed by atoms with Gasteiger partial charge in [0.25, 0.3) is 0 Å². The molecule has 0 aromatic rings. The first-order chi connectivity index (χ1) is 6.12. The van der Waals surface area contributed by atoms with E-state index in [4.69, 9.17) is 0 Å². The fourth-order valence-corrected chi connectivity index (χ4v) is 8.92. The van der Waals surface area contributed by atoms with E-state index in [2.05, 4.69) is 23.0 Å². The van der Waals surface area contributed by atoms with Crippen molar-refractivity contribution in [3.8, 4) is 0 Å². The van der Waals surface area contributed by atoms with Gasteiger partial charge in [-0.05, 0) is 0 Å². The fourth-order valence-electron chi connectivity index (χ4n) is 1.57. The number of hydrogen-bond donors (Lipinski definition) is 0. The SMILES string of the molecule is C=CCC[CH2][Sn]([CH3])([CH3])[CH2]CCC=C. The topological polar surface area (TPSA) is 0 Å². The van der Waals surface area contributed by atoms with Gasteiger partial charge in [0, 0.05) is 0 Å². The maximum absolute atomic E-state index is 3.77. The molecule has 0 heterocycles. The third-order valence-electron chi connectivity index (χ3n) is 2.52. The Bertz CT molecular complexity index is 131. The molecule has 0 aromatic heterocycles. The first-order valence-electron chi connectivity index (χ1n) is 5.34. The van der Waals surface area contributed by atoms with Crippen molar-refractivity contribution in [1.82, 2.24) is 0 Å². The molecule has 0 nitrogen and oxygen atoms in total. The molecule has 0 saturated carbocycles. The predicted molar refractivity (Wildman–Crippen MR) is 66.0 cm³/mol. The zero-order chi connectivity index (χ0) is 10.2. The summed E-state index contributed by atoms with van der Waals surface area (Å²) in [7, 11) is 0. The van der Waals surface area contributed by atoms with E-state index in [1.165, 1.54) is 34.6 Å². The van der Waals surface area contributed by atoms with Crippen LogP contribution in [0.15, 0.2) is 25.3 Å². The van der Waals surface area contributed by atoms with Crippen LogP contribution >= 0.6 is 0 Å². The normalized spacial score (nSPS) is 11.2. The van der Waals surface area contributed by atoms with Crippen molar-refractivity contribution in [3.05, 3.63) is 25.3 Å². The zero-order valence-corrected chi connectivity index (χ0v) is 12.2. The van der Waals surface area contributed by atoms with Gasteiger partial charge >= 0.3 is 88.1 Å². The van der Waals surface area contributed by atoms with Crippen LogP contribution in [-0.2, 0) is 0 Å².